The van der Waals surface area contributed by atoms with Crippen LogP contribution in [0.2, 0.25) is 0 Å². The lowest BCUT2D eigenvalue weighted by molar-refractivity contribution is -0.138. The number of carboxylic acids is 1. The molecule has 0 heterocycles. The number of hydrogen-bond acceptors (Lipinski definition) is 7. The van der Waals surface area contributed by atoms with Crippen molar-refractivity contribution in [3.63, 3.8) is 0 Å². The first-order valence-corrected chi connectivity index (χ1v) is 19.7. The van der Waals surface area contributed by atoms with E-state index in [9.17, 15) is 19.2 Å². The number of rotatable bonds is 16. The number of nitrogens with zero attached hydrogens (tertiary/aromatic N) is 2. The average molecular weight is 706 g/mol. The van der Waals surface area contributed by atoms with Crippen LogP contribution in [0.25, 0.3) is 0 Å². The van der Waals surface area contributed by atoms with Gasteiger partial charge in [-0.1, -0.05) is 19.8 Å². The standard InChI is InChI=1S/C38H67N5O7/c1-26-7-5-6-8-32(26)41-38(48)40-30-12-9-27(10-13-30)24-35(44)39-29-14-16-31(17-15-29)43(25-36(45)42(2)21-20-37(46)47)22-19-28-11-18-33(49-3)34(23-28)50-4/h26-34H,5-25H2,1-4H3,(H,39,44)(H,46,47)(H2,40,41,48). The van der Waals surface area contributed by atoms with Crippen LogP contribution in [0.4, 0.5) is 4.79 Å². The number of carbonyl (C=O) groups is 4. The summed E-state index contributed by atoms with van der Waals surface area (Å²) in [6.45, 7) is 3.51. The number of carbonyl (C=O) groups excluding carboxylic acids is 3. The Morgan fingerprint density at radius 2 is 1.38 bits per heavy atom. The van der Waals surface area contributed by atoms with E-state index in [1.807, 2.05) is 0 Å². The van der Waals surface area contributed by atoms with Gasteiger partial charge in [0, 0.05) is 58.4 Å². The largest absolute Gasteiger partial charge is 0.481 e. The van der Waals surface area contributed by atoms with Gasteiger partial charge in [0.2, 0.25) is 11.8 Å². The maximum Gasteiger partial charge on any atom is 0.315 e. The Morgan fingerprint density at radius 3 is 2.04 bits per heavy atom. The van der Waals surface area contributed by atoms with Gasteiger partial charge in [-0.05, 0) is 114 Å². The summed E-state index contributed by atoms with van der Waals surface area (Å²) in [5, 5.41) is 18.8. The number of nitrogens with one attached hydrogen (secondary N) is 3. The minimum absolute atomic E-state index is 0.0392. The quantitative estimate of drug-likeness (QED) is 0.181. The Balaban J connectivity index is 1.19. The van der Waals surface area contributed by atoms with E-state index in [1.54, 1.807) is 21.3 Å². The molecule has 286 valence electrons. The third-order valence-corrected chi connectivity index (χ3v) is 12.4. The molecule has 50 heavy (non-hydrogen) atoms. The van der Waals surface area contributed by atoms with Crippen LogP contribution in [-0.2, 0) is 23.9 Å². The highest BCUT2D eigenvalue weighted by molar-refractivity contribution is 5.79. The Labute approximate surface area is 300 Å². The smallest absolute Gasteiger partial charge is 0.315 e. The summed E-state index contributed by atoms with van der Waals surface area (Å²) in [5.41, 5.74) is 0. The van der Waals surface area contributed by atoms with Gasteiger partial charge in [0.05, 0.1) is 25.2 Å². The first kappa shape index (κ1) is 40.3. The van der Waals surface area contributed by atoms with Crippen LogP contribution in [0, 0.1) is 17.8 Å². The molecular formula is C38H67N5O7. The molecule has 0 bridgehead atoms. The van der Waals surface area contributed by atoms with Gasteiger partial charge in [-0.15, -0.1) is 0 Å². The summed E-state index contributed by atoms with van der Waals surface area (Å²) in [5.74, 6) is 0.547. The average Bonchev–Trinajstić information content (AvgIpc) is 3.10. The summed E-state index contributed by atoms with van der Waals surface area (Å²) < 4.78 is 11.4. The van der Waals surface area contributed by atoms with Gasteiger partial charge < -0.3 is 35.4 Å². The van der Waals surface area contributed by atoms with E-state index < -0.39 is 5.97 Å². The van der Waals surface area contributed by atoms with Crippen molar-refractivity contribution in [2.45, 2.75) is 159 Å². The summed E-state index contributed by atoms with van der Waals surface area (Å²) in [6.07, 6.45) is 16.6. The second-order valence-corrected chi connectivity index (χ2v) is 15.9. The molecule has 0 aromatic heterocycles. The van der Waals surface area contributed by atoms with Crippen LogP contribution in [0.3, 0.4) is 0 Å². The molecule has 12 nitrogen and oxygen atoms in total. The van der Waals surface area contributed by atoms with Gasteiger partial charge in [0.25, 0.3) is 0 Å². The molecule has 0 aliphatic heterocycles. The summed E-state index contributed by atoms with van der Waals surface area (Å²) in [4.78, 5) is 53.8. The molecular weight excluding hydrogens is 638 g/mol. The number of urea groups is 1. The van der Waals surface area contributed by atoms with Crippen LogP contribution < -0.4 is 16.0 Å². The molecule has 4 fully saturated rings. The maximum atomic E-state index is 13.2. The Kier molecular flexibility index (Phi) is 16.6. The molecule has 4 N–H and O–H groups in total. The molecule has 0 spiro atoms. The molecule has 4 aliphatic rings. The monoisotopic (exact) mass is 706 g/mol. The van der Waals surface area contributed by atoms with Gasteiger partial charge in [0.15, 0.2) is 0 Å². The molecule has 5 unspecified atom stereocenters. The molecule has 4 aliphatic carbocycles. The highest BCUT2D eigenvalue weighted by Crippen LogP contribution is 2.32. The zero-order chi connectivity index (χ0) is 36.0. The minimum atomic E-state index is -0.908. The zero-order valence-electron chi connectivity index (χ0n) is 31.3. The first-order chi connectivity index (χ1) is 24.0. The number of amides is 4. The zero-order valence-corrected chi connectivity index (χ0v) is 31.3. The fraction of sp³-hybridized carbons (Fsp3) is 0.895. The normalized spacial score (nSPS) is 31.8. The fourth-order valence-electron chi connectivity index (χ4n) is 8.96. The van der Waals surface area contributed by atoms with E-state index in [2.05, 4.69) is 27.8 Å². The van der Waals surface area contributed by atoms with E-state index in [1.165, 1.54) is 24.2 Å². The second-order valence-electron chi connectivity index (χ2n) is 15.9. The van der Waals surface area contributed by atoms with Crippen molar-refractivity contribution in [3.8, 4) is 0 Å². The Hall–Kier alpha value is -2.44. The second kappa shape index (κ2) is 20.6. The Bertz CT molecular complexity index is 1080. The third kappa shape index (κ3) is 13.0. The van der Waals surface area contributed by atoms with Crippen molar-refractivity contribution in [3.05, 3.63) is 0 Å². The lowest BCUT2D eigenvalue weighted by Crippen LogP contribution is -2.50. The van der Waals surface area contributed by atoms with Crippen LogP contribution in [0.1, 0.15) is 122 Å². The molecule has 0 aromatic carbocycles. The van der Waals surface area contributed by atoms with Crippen molar-refractivity contribution in [2.24, 2.45) is 17.8 Å². The van der Waals surface area contributed by atoms with Gasteiger partial charge >= 0.3 is 12.0 Å². The summed E-state index contributed by atoms with van der Waals surface area (Å²) in [6, 6.07) is 0.803. The highest BCUT2D eigenvalue weighted by Gasteiger charge is 2.34. The van der Waals surface area contributed by atoms with Gasteiger partial charge in [-0.2, -0.15) is 0 Å². The van der Waals surface area contributed by atoms with Gasteiger partial charge in [0.1, 0.15) is 0 Å². The highest BCUT2D eigenvalue weighted by atomic mass is 16.5. The minimum Gasteiger partial charge on any atom is -0.481 e. The predicted molar refractivity (Wildman–Crippen MR) is 193 cm³/mol. The van der Waals surface area contributed by atoms with E-state index in [4.69, 9.17) is 14.6 Å². The van der Waals surface area contributed by atoms with Crippen molar-refractivity contribution in [1.82, 2.24) is 25.8 Å². The molecule has 0 saturated heterocycles. The number of hydrogen-bond donors (Lipinski definition) is 4. The number of ether oxygens (including phenoxy) is 2. The molecule has 4 saturated carbocycles. The van der Waals surface area contributed by atoms with Crippen LogP contribution in [0.15, 0.2) is 0 Å². The van der Waals surface area contributed by atoms with E-state index in [0.29, 0.717) is 24.2 Å². The van der Waals surface area contributed by atoms with Gasteiger partial charge in [-0.3, -0.25) is 19.3 Å². The van der Waals surface area contributed by atoms with Crippen molar-refractivity contribution >= 4 is 23.8 Å². The lowest BCUT2D eigenvalue weighted by Gasteiger charge is -2.39. The maximum absolute atomic E-state index is 13.2. The molecule has 4 rings (SSSR count). The van der Waals surface area contributed by atoms with Crippen LogP contribution in [-0.4, -0.2) is 116 Å². The molecule has 0 radical (unpaired) electrons. The van der Waals surface area contributed by atoms with Crippen molar-refractivity contribution in [1.29, 1.82) is 0 Å². The number of aliphatic carboxylic acids is 1. The SMILES string of the molecule is COC1CCC(CCN(CC(=O)N(C)CCC(=O)O)C2CCC(NC(=O)CC3CCC(NC(=O)NC4CCCCC4C)CC3)CC2)CC1OC. The number of likely N-dealkylation sites (N-methyl/N-ethyl adjacent to an activating group) is 1. The van der Waals surface area contributed by atoms with Crippen LogP contribution >= 0.6 is 0 Å². The third-order valence-electron chi connectivity index (χ3n) is 12.4. The predicted octanol–water partition coefficient (Wildman–Crippen LogP) is 4.70. The number of methoxy groups -OCH3 is 2. The molecule has 0 aromatic rings. The summed E-state index contributed by atoms with van der Waals surface area (Å²) >= 11 is 0. The van der Waals surface area contributed by atoms with E-state index >= 15 is 0 Å². The summed E-state index contributed by atoms with van der Waals surface area (Å²) in [7, 11) is 5.18. The lowest BCUT2D eigenvalue weighted by atomic mass is 9.82. The Morgan fingerprint density at radius 1 is 0.740 bits per heavy atom. The molecule has 12 heteroatoms. The first-order valence-electron chi connectivity index (χ1n) is 19.7. The van der Waals surface area contributed by atoms with E-state index in [-0.39, 0.29) is 73.7 Å². The van der Waals surface area contributed by atoms with Gasteiger partial charge in [-0.25, -0.2) is 4.79 Å². The molecule has 4 amide bonds. The fourth-order valence-corrected chi connectivity index (χ4v) is 8.96. The number of carboxylic acid groups (broad SMARTS) is 1. The molecule has 5 atom stereocenters. The van der Waals surface area contributed by atoms with Crippen LogP contribution in [0.5, 0.6) is 0 Å². The van der Waals surface area contributed by atoms with Crippen molar-refractivity contribution in [2.75, 3.05) is 40.9 Å². The van der Waals surface area contributed by atoms with Crippen molar-refractivity contribution < 1.29 is 33.8 Å². The topological polar surface area (TPSA) is 150 Å². The van der Waals surface area contributed by atoms with E-state index in [0.717, 1.165) is 90.0 Å².